The largest absolute Gasteiger partial charge is 0.256 e. The van der Waals surface area contributed by atoms with Gasteiger partial charge in [0.15, 0.2) is 0 Å². The smallest absolute Gasteiger partial charge is 0.0718 e. The Hall–Kier alpha value is -1.74. The van der Waals surface area contributed by atoms with E-state index in [0.29, 0.717) is 0 Å². The number of benzene rings is 1. The second-order valence-electron chi connectivity index (χ2n) is 3.78. The molecule has 0 aliphatic rings. The topological polar surface area (TPSA) is 25.8 Å². The SMILES string of the molecule is Brc1ccc(-c2cnc3ccccc3c2)nc1. The van der Waals surface area contributed by atoms with Crippen molar-refractivity contribution in [2.75, 3.05) is 0 Å². The van der Waals surface area contributed by atoms with Gasteiger partial charge in [-0.25, -0.2) is 0 Å². The molecule has 0 amide bonds. The molecule has 0 saturated heterocycles. The summed E-state index contributed by atoms with van der Waals surface area (Å²) in [4.78, 5) is 8.80. The first-order valence-electron chi connectivity index (χ1n) is 5.30. The van der Waals surface area contributed by atoms with E-state index in [1.165, 1.54) is 0 Å². The van der Waals surface area contributed by atoms with Crippen LogP contribution in [0.25, 0.3) is 22.2 Å². The highest BCUT2D eigenvalue weighted by molar-refractivity contribution is 9.10. The second-order valence-corrected chi connectivity index (χ2v) is 4.69. The lowest BCUT2D eigenvalue weighted by Crippen LogP contribution is -1.85. The van der Waals surface area contributed by atoms with E-state index < -0.39 is 0 Å². The van der Waals surface area contributed by atoms with Gasteiger partial charge in [-0.1, -0.05) is 18.2 Å². The number of pyridine rings is 2. The summed E-state index contributed by atoms with van der Waals surface area (Å²) in [5, 5.41) is 1.13. The van der Waals surface area contributed by atoms with E-state index in [9.17, 15) is 0 Å². The predicted octanol–water partition coefficient (Wildman–Crippen LogP) is 4.06. The van der Waals surface area contributed by atoms with Crippen LogP contribution in [0.3, 0.4) is 0 Å². The molecule has 2 aromatic heterocycles. The van der Waals surface area contributed by atoms with Gasteiger partial charge in [-0.15, -0.1) is 0 Å². The minimum absolute atomic E-state index is 0.937. The maximum Gasteiger partial charge on any atom is 0.0718 e. The highest BCUT2D eigenvalue weighted by Crippen LogP contribution is 2.21. The lowest BCUT2D eigenvalue weighted by atomic mass is 10.1. The Labute approximate surface area is 107 Å². The quantitative estimate of drug-likeness (QED) is 0.673. The summed E-state index contributed by atoms with van der Waals surface area (Å²) in [5.41, 5.74) is 2.98. The van der Waals surface area contributed by atoms with Gasteiger partial charge in [-0.05, 0) is 40.2 Å². The van der Waals surface area contributed by atoms with Crippen LogP contribution in [-0.2, 0) is 0 Å². The van der Waals surface area contributed by atoms with Gasteiger partial charge >= 0.3 is 0 Å². The standard InChI is InChI=1S/C14H9BrN2/c15-12-5-6-14(17-9-12)11-7-10-3-1-2-4-13(10)16-8-11/h1-9H. The van der Waals surface area contributed by atoms with Gasteiger partial charge in [0, 0.05) is 27.8 Å². The summed E-state index contributed by atoms with van der Waals surface area (Å²) < 4.78 is 0.981. The van der Waals surface area contributed by atoms with E-state index in [0.717, 1.165) is 26.6 Å². The summed E-state index contributed by atoms with van der Waals surface area (Å²) >= 11 is 3.38. The fourth-order valence-corrected chi connectivity index (χ4v) is 1.99. The van der Waals surface area contributed by atoms with E-state index in [1.54, 1.807) is 6.20 Å². The molecule has 0 spiro atoms. The third kappa shape index (κ3) is 2.06. The monoisotopic (exact) mass is 284 g/mol. The van der Waals surface area contributed by atoms with E-state index in [1.807, 2.05) is 36.5 Å². The molecule has 0 unspecified atom stereocenters. The van der Waals surface area contributed by atoms with Crippen molar-refractivity contribution in [1.29, 1.82) is 0 Å². The van der Waals surface area contributed by atoms with Crippen LogP contribution in [0.2, 0.25) is 0 Å². The first-order chi connectivity index (χ1) is 8.33. The number of hydrogen-bond acceptors (Lipinski definition) is 2. The summed E-state index contributed by atoms with van der Waals surface area (Å²) in [6, 6.07) is 14.2. The maximum absolute atomic E-state index is 4.43. The lowest BCUT2D eigenvalue weighted by Gasteiger charge is -2.02. The molecular formula is C14H9BrN2. The number of rotatable bonds is 1. The van der Waals surface area contributed by atoms with Crippen molar-refractivity contribution in [2.24, 2.45) is 0 Å². The predicted molar refractivity (Wildman–Crippen MR) is 72.7 cm³/mol. The molecule has 0 aliphatic carbocycles. The first-order valence-corrected chi connectivity index (χ1v) is 6.09. The van der Waals surface area contributed by atoms with Gasteiger partial charge in [0.2, 0.25) is 0 Å². The molecular weight excluding hydrogens is 276 g/mol. The van der Waals surface area contributed by atoms with E-state index in [-0.39, 0.29) is 0 Å². The van der Waals surface area contributed by atoms with Crippen LogP contribution >= 0.6 is 15.9 Å². The van der Waals surface area contributed by atoms with Gasteiger partial charge in [0.05, 0.1) is 11.2 Å². The van der Waals surface area contributed by atoms with Crippen LogP contribution < -0.4 is 0 Å². The Kier molecular flexibility index (Phi) is 2.61. The van der Waals surface area contributed by atoms with Crippen LogP contribution in [0.15, 0.2) is 59.3 Å². The van der Waals surface area contributed by atoms with Crippen LogP contribution in [0.1, 0.15) is 0 Å². The average molecular weight is 285 g/mol. The van der Waals surface area contributed by atoms with E-state index in [4.69, 9.17) is 0 Å². The number of para-hydroxylation sites is 1. The van der Waals surface area contributed by atoms with Crippen LogP contribution in [-0.4, -0.2) is 9.97 Å². The Morgan fingerprint density at radius 1 is 0.882 bits per heavy atom. The van der Waals surface area contributed by atoms with Crippen molar-refractivity contribution >= 4 is 26.8 Å². The van der Waals surface area contributed by atoms with Crippen molar-refractivity contribution < 1.29 is 0 Å². The lowest BCUT2D eigenvalue weighted by molar-refractivity contribution is 1.29. The molecule has 3 heteroatoms. The minimum atomic E-state index is 0.937. The molecule has 3 aromatic rings. The zero-order valence-electron chi connectivity index (χ0n) is 8.97. The minimum Gasteiger partial charge on any atom is -0.256 e. The zero-order valence-corrected chi connectivity index (χ0v) is 10.6. The normalized spacial score (nSPS) is 10.6. The molecule has 3 rings (SSSR count). The van der Waals surface area contributed by atoms with Crippen LogP contribution in [0, 0.1) is 0 Å². The number of fused-ring (bicyclic) bond motifs is 1. The van der Waals surface area contributed by atoms with E-state index in [2.05, 4.69) is 38.0 Å². The Morgan fingerprint density at radius 2 is 1.76 bits per heavy atom. The molecule has 2 heterocycles. The first kappa shape index (κ1) is 10.4. The number of nitrogens with zero attached hydrogens (tertiary/aromatic N) is 2. The Morgan fingerprint density at radius 3 is 2.59 bits per heavy atom. The summed E-state index contributed by atoms with van der Waals surface area (Å²) in [6.07, 6.45) is 3.66. The summed E-state index contributed by atoms with van der Waals surface area (Å²) in [7, 11) is 0. The number of aromatic nitrogens is 2. The molecule has 1 aromatic carbocycles. The molecule has 0 aliphatic heterocycles. The molecule has 2 nitrogen and oxygen atoms in total. The summed E-state index contributed by atoms with van der Waals surface area (Å²) in [6.45, 7) is 0. The fourth-order valence-electron chi connectivity index (χ4n) is 1.76. The molecule has 82 valence electrons. The Balaban J connectivity index is 2.14. The van der Waals surface area contributed by atoms with Crippen molar-refractivity contribution in [3.8, 4) is 11.3 Å². The van der Waals surface area contributed by atoms with Crippen molar-refractivity contribution in [2.45, 2.75) is 0 Å². The second kappa shape index (κ2) is 4.26. The van der Waals surface area contributed by atoms with Gasteiger partial charge in [0.25, 0.3) is 0 Å². The maximum atomic E-state index is 4.43. The zero-order chi connectivity index (χ0) is 11.7. The van der Waals surface area contributed by atoms with Crippen molar-refractivity contribution in [1.82, 2.24) is 9.97 Å². The van der Waals surface area contributed by atoms with Crippen molar-refractivity contribution in [3.05, 3.63) is 59.3 Å². The van der Waals surface area contributed by atoms with Gasteiger partial charge < -0.3 is 0 Å². The third-order valence-corrected chi connectivity index (χ3v) is 3.08. The molecule has 0 radical (unpaired) electrons. The van der Waals surface area contributed by atoms with Gasteiger partial charge in [-0.3, -0.25) is 9.97 Å². The molecule has 0 N–H and O–H groups in total. The van der Waals surface area contributed by atoms with Crippen LogP contribution in [0.4, 0.5) is 0 Å². The Bertz CT molecular complexity index is 662. The highest BCUT2D eigenvalue weighted by atomic mass is 79.9. The fraction of sp³-hybridized carbons (Fsp3) is 0. The third-order valence-electron chi connectivity index (χ3n) is 2.61. The molecule has 0 saturated carbocycles. The number of halogens is 1. The molecule has 0 bridgehead atoms. The van der Waals surface area contributed by atoms with Gasteiger partial charge in [0.1, 0.15) is 0 Å². The van der Waals surface area contributed by atoms with Crippen molar-refractivity contribution in [3.63, 3.8) is 0 Å². The van der Waals surface area contributed by atoms with Crippen LogP contribution in [0.5, 0.6) is 0 Å². The average Bonchev–Trinajstić information content (AvgIpc) is 2.39. The van der Waals surface area contributed by atoms with Gasteiger partial charge in [-0.2, -0.15) is 0 Å². The summed E-state index contributed by atoms with van der Waals surface area (Å²) in [5.74, 6) is 0. The van der Waals surface area contributed by atoms with E-state index >= 15 is 0 Å². The molecule has 0 atom stereocenters. The molecule has 0 fully saturated rings. The number of hydrogen-bond donors (Lipinski definition) is 0. The molecule has 17 heavy (non-hydrogen) atoms. The highest BCUT2D eigenvalue weighted by Gasteiger charge is 2.01.